The number of nitrogens with zero attached hydrogens (tertiary/aromatic N) is 3. The highest BCUT2D eigenvalue weighted by Crippen LogP contribution is 2.28. The summed E-state index contributed by atoms with van der Waals surface area (Å²) in [5.41, 5.74) is 0.607. The Morgan fingerprint density at radius 2 is 1.43 bits per heavy atom. The predicted molar refractivity (Wildman–Crippen MR) is 155 cm³/mol. The Kier molecular flexibility index (Phi) is 12.7. The van der Waals surface area contributed by atoms with Gasteiger partial charge >= 0.3 is 6.09 Å². The van der Waals surface area contributed by atoms with Crippen LogP contribution >= 0.6 is 0 Å². The molecule has 0 spiro atoms. The molecule has 3 amide bonds. The average molecular weight is 625 g/mol. The van der Waals surface area contributed by atoms with E-state index in [0.717, 1.165) is 44.2 Å². The van der Waals surface area contributed by atoms with Crippen molar-refractivity contribution in [3.05, 3.63) is 35.5 Å². The van der Waals surface area contributed by atoms with Crippen molar-refractivity contribution in [2.24, 2.45) is 5.92 Å². The molecular formula is C30H42F2N4O8. The zero-order chi connectivity index (χ0) is 31.5. The van der Waals surface area contributed by atoms with Crippen molar-refractivity contribution in [3.8, 4) is 0 Å². The van der Waals surface area contributed by atoms with Crippen LogP contribution in [0.15, 0.2) is 18.2 Å². The lowest BCUT2D eigenvalue weighted by molar-refractivity contribution is -0.136. The zero-order valence-electron chi connectivity index (χ0n) is 24.8. The van der Waals surface area contributed by atoms with Gasteiger partial charge in [0.15, 0.2) is 11.6 Å². The second-order valence-corrected chi connectivity index (χ2v) is 11.0. The fraction of sp³-hybridized carbons (Fsp3) is 0.633. The number of aromatic nitrogens is 1. The summed E-state index contributed by atoms with van der Waals surface area (Å²) in [6.45, 7) is 2.83. The third kappa shape index (κ3) is 8.87. The Morgan fingerprint density at radius 3 is 2.07 bits per heavy atom. The third-order valence-corrected chi connectivity index (χ3v) is 8.15. The number of aliphatic hydroxyl groups is 1. The maximum absolute atomic E-state index is 14.2. The lowest BCUT2D eigenvalue weighted by atomic mass is 9.83. The van der Waals surface area contributed by atoms with E-state index < -0.39 is 23.8 Å². The van der Waals surface area contributed by atoms with Gasteiger partial charge in [-0.3, -0.25) is 9.59 Å². The molecule has 14 heteroatoms. The fourth-order valence-electron chi connectivity index (χ4n) is 5.91. The summed E-state index contributed by atoms with van der Waals surface area (Å²) in [6, 6.07) is 2.84. The molecule has 44 heavy (non-hydrogen) atoms. The molecule has 0 bridgehead atoms. The molecule has 1 saturated heterocycles. The molecule has 1 aromatic carbocycles. The van der Waals surface area contributed by atoms with Gasteiger partial charge in [0.05, 0.1) is 51.8 Å². The molecule has 2 fully saturated rings. The van der Waals surface area contributed by atoms with E-state index in [1.807, 2.05) is 0 Å². The lowest BCUT2D eigenvalue weighted by Crippen LogP contribution is -2.57. The van der Waals surface area contributed by atoms with Crippen LogP contribution in [0.2, 0.25) is 0 Å². The van der Waals surface area contributed by atoms with Crippen molar-refractivity contribution < 1.29 is 47.6 Å². The number of rotatable bonds is 15. The quantitative estimate of drug-likeness (QED) is 0.257. The van der Waals surface area contributed by atoms with Crippen molar-refractivity contribution in [2.75, 3.05) is 72.4 Å². The highest BCUT2D eigenvalue weighted by Gasteiger charge is 2.36. The fourth-order valence-corrected chi connectivity index (χ4v) is 5.91. The Labute approximate surface area is 254 Å². The minimum atomic E-state index is -1.23. The van der Waals surface area contributed by atoms with Crippen LogP contribution in [0.1, 0.15) is 42.6 Å². The molecular weight excluding hydrogens is 582 g/mol. The number of carbonyl (C=O) groups is 3. The summed E-state index contributed by atoms with van der Waals surface area (Å²) in [5, 5.41) is 20.9. The monoisotopic (exact) mass is 624 g/mol. The van der Waals surface area contributed by atoms with Crippen LogP contribution in [-0.2, 0) is 25.5 Å². The van der Waals surface area contributed by atoms with Gasteiger partial charge in [-0.2, -0.15) is 0 Å². The molecule has 1 aromatic heterocycles. The molecule has 0 radical (unpaired) electrons. The third-order valence-electron chi connectivity index (χ3n) is 8.15. The van der Waals surface area contributed by atoms with Gasteiger partial charge in [0, 0.05) is 44.2 Å². The first-order chi connectivity index (χ1) is 21.3. The summed E-state index contributed by atoms with van der Waals surface area (Å²) >= 11 is 0. The Morgan fingerprint density at radius 1 is 0.841 bits per heavy atom. The summed E-state index contributed by atoms with van der Waals surface area (Å²) in [6.07, 6.45) is 3.34. The molecule has 3 N–H and O–H groups in total. The number of piperazine rings is 1. The van der Waals surface area contributed by atoms with E-state index in [2.05, 4.69) is 5.32 Å². The van der Waals surface area contributed by atoms with Crippen molar-refractivity contribution in [1.82, 2.24) is 19.7 Å². The zero-order valence-corrected chi connectivity index (χ0v) is 24.8. The molecule has 1 aliphatic heterocycles. The van der Waals surface area contributed by atoms with Gasteiger partial charge < -0.3 is 44.1 Å². The minimum Gasteiger partial charge on any atom is -0.465 e. The first kappa shape index (κ1) is 33.6. The van der Waals surface area contributed by atoms with Crippen LogP contribution in [0, 0.1) is 17.6 Å². The van der Waals surface area contributed by atoms with Crippen LogP contribution in [0.25, 0.3) is 10.9 Å². The number of amides is 3. The van der Waals surface area contributed by atoms with E-state index in [4.69, 9.17) is 19.3 Å². The molecule has 4 rings (SSSR count). The van der Waals surface area contributed by atoms with Crippen LogP contribution in [0.5, 0.6) is 0 Å². The van der Waals surface area contributed by atoms with Gasteiger partial charge in [-0.15, -0.1) is 0 Å². The van der Waals surface area contributed by atoms with E-state index in [1.165, 1.54) is 6.07 Å². The maximum Gasteiger partial charge on any atom is 0.405 e. The Bertz CT molecular complexity index is 1260. The standard InChI is InChI=1S/C30H42F2N4O8/c31-23-18-22-19-26(36(25(22)20-24(23)32)10-12-42-14-16-44-17-15-43-13-11-37)28(38)34-6-8-35(9-7-34)29(39)27(33-30(40)41)21-4-2-1-3-5-21/h18-21,27,33,37H,1-17H2,(H,40,41)/t27-/m0/s1. The van der Waals surface area contributed by atoms with Gasteiger partial charge in [-0.05, 0) is 30.9 Å². The number of ether oxygens (including phenoxy) is 3. The van der Waals surface area contributed by atoms with Crippen LogP contribution in [-0.4, -0.2) is 121 Å². The highest BCUT2D eigenvalue weighted by atomic mass is 19.2. The van der Waals surface area contributed by atoms with Crippen LogP contribution < -0.4 is 5.32 Å². The minimum absolute atomic E-state index is 0.0526. The van der Waals surface area contributed by atoms with Crippen molar-refractivity contribution in [2.45, 2.75) is 44.7 Å². The van der Waals surface area contributed by atoms with E-state index in [9.17, 15) is 28.3 Å². The van der Waals surface area contributed by atoms with Gasteiger partial charge in [-0.1, -0.05) is 19.3 Å². The number of nitrogens with one attached hydrogen (secondary N) is 1. The molecule has 1 atom stereocenters. The molecule has 2 aromatic rings. The average Bonchev–Trinajstić information content (AvgIpc) is 3.37. The summed E-state index contributed by atoms with van der Waals surface area (Å²) in [4.78, 5) is 41.7. The summed E-state index contributed by atoms with van der Waals surface area (Å²) < 4.78 is 46.0. The second kappa shape index (κ2) is 16.7. The van der Waals surface area contributed by atoms with Crippen molar-refractivity contribution in [1.29, 1.82) is 0 Å². The van der Waals surface area contributed by atoms with Crippen molar-refractivity contribution >= 4 is 28.8 Å². The molecule has 244 valence electrons. The molecule has 1 aliphatic carbocycles. The number of benzene rings is 1. The molecule has 2 heterocycles. The van der Waals surface area contributed by atoms with E-state index in [0.29, 0.717) is 30.7 Å². The smallest absolute Gasteiger partial charge is 0.405 e. The Balaban J connectivity index is 1.37. The summed E-state index contributed by atoms with van der Waals surface area (Å²) in [7, 11) is 0. The second-order valence-electron chi connectivity index (χ2n) is 11.0. The summed E-state index contributed by atoms with van der Waals surface area (Å²) in [5.74, 6) is -2.70. The molecule has 12 nitrogen and oxygen atoms in total. The number of carbonyl (C=O) groups excluding carboxylic acids is 2. The highest BCUT2D eigenvalue weighted by molar-refractivity contribution is 5.99. The van der Waals surface area contributed by atoms with E-state index in [1.54, 1.807) is 14.4 Å². The number of hydrogen-bond donors (Lipinski definition) is 3. The first-order valence-corrected chi connectivity index (χ1v) is 15.2. The number of carboxylic acid groups (broad SMARTS) is 1. The number of aliphatic hydroxyl groups excluding tert-OH is 1. The normalized spacial score (nSPS) is 16.8. The molecule has 2 aliphatic rings. The first-order valence-electron chi connectivity index (χ1n) is 15.2. The topological polar surface area (TPSA) is 143 Å². The molecule has 0 unspecified atom stereocenters. The van der Waals surface area contributed by atoms with Gasteiger partial charge in [0.25, 0.3) is 5.91 Å². The van der Waals surface area contributed by atoms with Gasteiger partial charge in [-0.25, -0.2) is 13.6 Å². The van der Waals surface area contributed by atoms with Crippen molar-refractivity contribution in [3.63, 3.8) is 0 Å². The van der Waals surface area contributed by atoms with Gasteiger partial charge in [0.1, 0.15) is 11.7 Å². The lowest BCUT2D eigenvalue weighted by Gasteiger charge is -2.38. The van der Waals surface area contributed by atoms with Crippen LogP contribution in [0.3, 0.4) is 0 Å². The van der Waals surface area contributed by atoms with Crippen LogP contribution in [0.4, 0.5) is 13.6 Å². The Hall–Kier alpha value is -3.33. The van der Waals surface area contributed by atoms with Gasteiger partial charge in [0.2, 0.25) is 5.91 Å². The van der Waals surface area contributed by atoms with E-state index >= 15 is 0 Å². The van der Waals surface area contributed by atoms with E-state index in [-0.39, 0.29) is 82.6 Å². The predicted octanol–water partition coefficient (Wildman–Crippen LogP) is 2.46. The number of hydrogen-bond acceptors (Lipinski definition) is 7. The SMILES string of the molecule is O=C(O)N[C@H](C(=O)N1CCN(C(=O)c2cc3cc(F)c(F)cc3n2CCOCCOCCOCCO)CC1)C1CCCCC1. The largest absolute Gasteiger partial charge is 0.465 e. The maximum atomic E-state index is 14.2. The number of halogens is 2. The molecule has 1 saturated carbocycles. The number of fused-ring (bicyclic) bond motifs is 1.